The number of benzene rings is 1. The fourth-order valence-electron chi connectivity index (χ4n) is 2.63. The van der Waals surface area contributed by atoms with Crippen molar-refractivity contribution in [3.05, 3.63) is 29.8 Å². The van der Waals surface area contributed by atoms with Gasteiger partial charge in [-0.3, -0.25) is 9.69 Å². The van der Waals surface area contributed by atoms with E-state index in [2.05, 4.69) is 10.6 Å². The molecule has 0 aliphatic heterocycles. The zero-order valence-electron chi connectivity index (χ0n) is 12.7. The van der Waals surface area contributed by atoms with Gasteiger partial charge in [-0.05, 0) is 31.5 Å². The van der Waals surface area contributed by atoms with Crippen LogP contribution >= 0.6 is 0 Å². The lowest BCUT2D eigenvalue weighted by Crippen LogP contribution is -2.55. The summed E-state index contributed by atoms with van der Waals surface area (Å²) in [5, 5.41) is 13.6. The number of urea groups is 1. The van der Waals surface area contributed by atoms with Crippen LogP contribution in [0, 0.1) is 11.6 Å². The number of aliphatic carboxylic acids is 1. The summed E-state index contributed by atoms with van der Waals surface area (Å²) < 4.78 is 26.9. The first-order chi connectivity index (χ1) is 10.9. The van der Waals surface area contributed by atoms with Crippen LogP contribution in [0.2, 0.25) is 0 Å². The van der Waals surface area contributed by atoms with Crippen molar-refractivity contribution in [3.8, 4) is 0 Å². The van der Waals surface area contributed by atoms with E-state index >= 15 is 0 Å². The fraction of sp³-hybridized carbons (Fsp3) is 0.467. The van der Waals surface area contributed by atoms with E-state index in [1.165, 1.54) is 6.07 Å². The molecule has 1 aliphatic carbocycles. The molecule has 1 saturated carbocycles. The van der Waals surface area contributed by atoms with Gasteiger partial charge in [-0.15, -0.1) is 0 Å². The van der Waals surface area contributed by atoms with Crippen LogP contribution in [0.15, 0.2) is 18.2 Å². The molecule has 6 nitrogen and oxygen atoms in total. The number of nitrogens with one attached hydrogen (secondary N) is 2. The van der Waals surface area contributed by atoms with Gasteiger partial charge >= 0.3 is 12.0 Å². The largest absolute Gasteiger partial charge is 0.480 e. The summed E-state index contributed by atoms with van der Waals surface area (Å²) in [5.41, 5.74) is -0.484. The molecule has 0 aromatic heterocycles. The summed E-state index contributed by atoms with van der Waals surface area (Å²) in [4.78, 5) is 24.3. The van der Waals surface area contributed by atoms with E-state index < -0.39 is 29.3 Å². The summed E-state index contributed by atoms with van der Waals surface area (Å²) in [6.07, 6.45) is 1.21. The zero-order chi connectivity index (χ0) is 17.0. The zero-order valence-corrected chi connectivity index (χ0v) is 12.7. The first-order valence-electron chi connectivity index (χ1n) is 7.38. The number of nitrogens with zero attached hydrogens (tertiary/aromatic N) is 1. The first-order valence-corrected chi connectivity index (χ1v) is 7.38. The van der Waals surface area contributed by atoms with E-state index in [0.717, 1.165) is 12.1 Å². The smallest absolute Gasteiger partial charge is 0.319 e. The predicted molar refractivity (Wildman–Crippen MR) is 80.2 cm³/mol. The molecule has 8 heteroatoms. The highest BCUT2D eigenvalue weighted by Gasteiger charge is 2.34. The van der Waals surface area contributed by atoms with E-state index in [4.69, 9.17) is 5.11 Å². The first kappa shape index (κ1) is 17.1. The normalized spacial score (nSPS) is 20.0. The Morgan fingerprint density at radius 3 is 2.43 bits per heavy atom. The van der Waals surface area contributed by atoms with Gasteiger partial charge < -0.3 is 15.7 Å². The van der Waals surface area contributed by atoms with Gasteiger partial charge in [0.05, 0.1) is 6.54 Å². The Bertz CT molecular complexity index is 571. The second kappa shape index (κ2) is 7.36. The number of carboxylic acid groups (broad SMARTS) is 1. The van der Waals surface area contributed by atoms with E-state index in [0.29, 0.717) is 19.4 Å². The molecular formula is C15H19F2N3O3. The van der Waals surface area contributed by atoms with Gasteiger partial charge in [0, 0.05) is 12.1 Å². The lowest BCUT2D eigenvalue weighted by molar-refractivity contribution is -0.139. The molecule has 0 saturated heterocycles. The predicted octanol–water partition coefficient (Wildman–Crippen LogP) is 2.02. The Labute approximate surface area is 132 Å². The third-order valence-corrected chi connectivity index (χ3v) is 3.91. The van der Waals surface area contributed by atoms with Crippen LogP contribution < -0.4 is 10.6 Å². The summed E-state index contributed by atoms with van der Waals surface area (Å²) in [7, 11) is 0. The van der Waals surface area contributed by atoms with Crippen LogP contribution in [-0.4, -0.2) is 47.2 Å². The second-order valence-corrected chi connectivity index (χ2v) is 5.47. The number of carbonyl (C=O) groups is 2. The van der Waals surface area contributed by atoms with Crippen molar-refractivity contribution in [2.45, 2.75) is 31.8 Å². The second-order valence-electron chi connectivity index (χ2n) is 5.47. The van der Waals surface area contributed by atoms with Gasteiger partial charge in [-0.25, -0.2) is 13.6 Å². The molecule has 1 aromatic rings. The van der Waals surface area contributed by atoms with Gasteiger partial charge in [0.2, 0.25) is 0 Å². The summed E-state index contributed by atoms with van der Waals surface area (Å²) in [6, 6.07) is 2.60. The van der Waals surface area contributed by atoms with Crippen molar-refractivity contribution < 1.29 is 23.5 Å². The van der Waals surface area contributed by atoms with Crippen molar-refractivity contribution in [3.63, 3.8) is 0 Å². The number of para-hydroxylation sites is 1. The molecular weight excluding hydrogens is 308 g/mol. The quantitative estimate of drug-likeness (QED) is 0.747. The molecule has 0 bridgehead atoms. The number of amides is 2. The molecule has 1 aromatic carbocycles. The Kier molecular flexibility index (Phi) is 5.49. The van der Waals surface area contributed by atoms with Crippen molar-refractivity contribution in [1.82, 2.24) is 10.2 Å². The Balaban J connectivity index is 1.81. The average molecular weight is 327 g/mol. The molecule has 0 atom stereocenters. The van der Waals surface area contributed by atoms with Crippen LogP contribution in [0.4, 0.5) is 19.3 Å². The van der Waals surface area contributed by atoms with Gasteiger partial charge in [0.15, 0.2) is 0 Å². The third-order valence-electron chi connectivity index (χ3n) is 3.91. The molecule has 3 N–H and O–H groups in total. The Morgan fingerprint density at radius 2 is 1.91 bits per heavy atom. The molecule has 126 valence electrons. The lowest BCUT2D eigenvalue weighted by atomic mass is 9.85. The van der Waals surface area contributed by atoms with Crippen molar-refractivity contribution in [2.75, 3.05) is 18.4 Å². The molecule has 2 amide bonds. The highest BCUT2D eigenvalue weighted by Crippen LogP contribution is 2.26. The molecule has 0 radical (unpaired) electrons. The molecule has 0 heterocycles. The number of carboxylic acids is 1. The molecule has 0 spiro atoms. The monoisotopic (exact) mass is 327 g/mol. The molecule has 23 heavy (non-hydrogen) atoms. The van der Waals surface area contributed by atoms with Crippen LogP contribution in [-0.2, 0) is 4.79 Å². The minimum atomic E-state index is -0.893. The summed E-state index contributed by atoms with van der Waals surface area (Å²) in [6.45, 7) is 2.44. The van der Waals surface area contributed by atoms with Gasteiger partial charge in [0.25, 0.3) is 0 Å². The third kappa shape index (κ3) is 4.38. The van der Waals surface area contributed by atoms with Crippen molar-refractivity contribution in [1.29, 1.82) is 0 Å². The number of anilines is 1. The van der Waals surface area contributed by atoms with Crippen LogP contribution in [0.3, 0.4) is 0 Å². The maximum Gasteiger partial charge on any atom is 0.319 e. The van der Waals surface area contributed by atoms with Gasteiger partial charge in [-0.1, -0.05) is 13.0 Å². The number of rotatable bonds is 6. The van der Waals surface area contributed by atoms with Crippen molar-refractivity contribution >= 4 is 17.7 Å². The van der Waals surface area contributed by atoms with Crippen LogP contribution in [0.5, 0.6) is 0 Å². The SMILES string of the molecule is CCN(CC(=O)O)C1CC(NC(=O)Nc2c(F)cccc2F)C1. The van der Waals surface area contributed by atoms with Crippen LogP contribution in [0.25, 0.3) is 0 Å². The van der Waals surface area contributed by atoms with Gasteiger partial charge in [-0.2, -0.15) is 0 Å². The molecule has 1 fully saturated rings. The number of halogens is 2. The maximum atomic E-state index is 13.4. The average Bonchev–Trinajstić information content (AvgIpc) is 2.44. The van der Waals surface area contributed by atoms with E-state index in [-0.39, 0.29) is 18.6 Å². The number of hydrogen-bond acceptors (Lipinski definition) is 3. The molecule has 2 rings (SSSR count). The Hall–Kier alpha value is -2.22. The Morgan fingerprint density at radius 1 is 1.30 bits per heavy atom. The van der Waals surface area contributed by atoms with E-state index in [1.807, 2.05) is 11.8 Å². The molecule has 0 unspecified atom stereocenters. The van der Waals surface area contributed by atoms with Crippen molar-refractivity contribution in [2.24, 2.45) is 0 Å². The maximum absolute atomic E-state index is 13.4. The minimum Gasteiger partial charge on any atom is -0.480 e. The minimum absolute atomic E-state index is 0.0411. The standard InChI is InChI=1S/C15H19F2N3O3/c1-2-20(8-13(21)22)10-6-9(7-10)18-15(23)19-14-11(16)4-3-5-12(14)17/h3-5,9-10H,2,6-8H2,1H3,(H,21,22)(H2,18,19,23). The highest BCUT2D eigenvalue weighted by atomic mass is 19.1. The topological polar surface area (TPSA) is 81.7 Å². The fourth-order valence-corrected chi connectivity index (χ4v) is 2.63. The van der Waals surface area contributed by atoms with E-state index in [9.17, 15) is 18.4 Å². The van der Waals surface area contributed by atoms with Gasteiger partial charge in [0.1, 0.15) is 17.3 Å². The van der Waals surface area contributed by atoms with E-state index in [1.54, 1.807) is 0 Å². The number of carbonyl (C=O) groups excluding carboxylic acids is 1. The summed E-state index contributed by atoms with van der Waals surface area (Å²) >= 11 is 0. The highest BCUT2D eigenvalue weighted by molar-refractivity contribution is 5.89. The summed E-state index contributed by atoms with van der Waals surface area (Å²) in [5.74, 6) is -2.58. The molecule has 1 aliphatic rings. The number of hydrogen-bond donors (Lipinski definition) is 3. The number of likely N-dealkylation sites (N-methyl/N-ethyl adjacent to an activating group) is 1. The van der Waals surface area contributed by atoms with Crippen LogP contribution in [0.1, 0.15) is 19.8 Å². The lowest BCUT2D eigenvalue weighted by Gasteiger charge is -2.42.